The number of aliphatic imine (C=N–C) groups is 1. The highest BCUT2D eigenvalue weighted by Gasteiger charge is 2.18. The quantitative estimate of drug-likeness (QED) is 0.230. The molecule has 1 aliphatic rings. The van der Waals surface area contributed by atoms with Gasteiger partial charge in [-0.05, 0) is 59.9 Å². The highest BCUT2D eigenvalue weighted by Crippen LogP contribution is 2.10. The number of carbonyl (C=O) groups is 1. The van der Waals surface area contributed by atoms with Gasteiger partial charge in [0, 0.05) is 38.8 Å². The normalized spacial score (nSPS) is 17.5. The van der Waals surface area contributed by atoms with Crippen molar-refractivity contribution in [2.75, 3.05) is 39.3 Å². The molecule has 0 spiro atoms. The fourth-order valence-corrected chi connectivity index (χ4v) is 3.34. The van der Waals surface area contributed by atoms with E-state index in [0.29, 0.717) is 6.54 Å². The van der Waals surface area contributed by atoms with Gasteiger partial charge in [-0.25, -0.2) is 4.79 Å². The molecule has 1 rings (SSSR count). The lowest BCUT2D eigenvalue weighted by atomic mass is 10.1. The van der Waals surface area contributed by atoms with Gasteiger partial charge in [0.25, 0.3) is 0 Å². The summed E-state index contributed by atoms with van der Waals surface area (Å²) < 4.78 is 5.34. The zero-order chi connectivity index (χ0) is 22.4. The molecule has 1 aliphatic heterocycles. The first-order valence-electron chi connectivity index (χ1n) is 11.7. The molecular formula is C22H45N5O3. The number of alkyl carbamates (subject to hydrolysis) is 1. The molecule has 1 unspecified atom stereocenters. The number of likely N-dealkylation sites (tertiary alicyclic amines) is 1. The summed E-state index contributed by atoms with van der Waals surface area (Å²) in [6.45, 7) is 14.8. The summed E-state index contributed by atoms with van der Waals surface area (Å²) in [7, 11) is 0. The average Bonchev–Trinajstić information content (AvgIpc) is 2.67. The second-order valence-electron chi connectivity index (χ2n) is 9.05. The highest BCUT2D eigenvalue weighted by atomic mass is 16.6. The number of ether oxygens (including phenoxy) is 1. The Bertz CT molecular complexity index is 499. The van der Waals surface area contributed by atoms with Crippen LogP contribution >= 0.6 is 0 Å². The molecule has 8 heteroatoms. The number of piperidine rings is 1. The first-order chi connectivity index (χ1) is 14.2. The summed E-state index contributed by atoms with van der Waals surface area (Å²) in [6, 6.07) is 0.0962. The maximum Gasteiger partial charge on any atom is 0.407 e. The van der Waals surface area contributed by atoms with Crippen molar-refractivity contribution in [2.45, 2.75) is 90.9 Å². The average molecular weight is 428 g/mol. The molecule has 0 aromatic rings. The van der Waals surface area contributed by atoms with Crippen LogP contribution in [0.15, 0.2) is 4.99 Å². The first kappa shape index (κ1) is 26.5. The Morgan fingerprint density at radius 3 is 2.50 bits per heavy atom. The Balaban J connectivity index is 2.49. The molecule has 4 N–H and O–H groups in total. The minimum atomic E-state index is -0.501. The van der Waals surface area contributed by atoms with Crippen LogP contribution in [0.4, 0.5) is 4.79 Å². The molecule has 1 amide bonds. The van der Waals surface area contributed by atoms with Crippen molar-refractivity contribution in [1.29, 1.82) is 0 Å². The van der Waals surface area contributed by atoms with Crippen LogP contribution in [-0.2, 0) is 4.74 Å². The molecule has 8 nitrogen and oxygen atoms in total. The monoisotopic (exact) mass is 427 g/mol. The summed E-state index contributed by atoms with van der Waals surface area (Å²) in [5.74, 6) is 0.790. The lowest BCUT2D eigenvalue weighted by Crippen LogP contribution is -2.49. The molecule has 0 aromatic carbocycles. The molecule has 0 aliphatic carbocycles. The maximum absolute atomic E-state index is 12.0. The van der Waals surface area contributed by atoms with Crippen molar-refractivity contribution >= 4 is 12.1 Å². The lowest BCUT2D eigenvalue weighted by molar-refractivity contribution is 0.0522. The standard InChI is InChI=1S/C22H45N5O3/c1-6-8-10-18(17-25-21(29)30-22(3,4)5)26-20(23-7-2)24-13-9-14-27-15-11-19(28)12-16-27/h18-19,28H,6-17H2,1-5H3,(H,25,29)(H2,23,24,26). The smallest absolute Gasteiger partial charge is 0.407 e. The van der Waals surface area contributed by atoms with Crippen molar-refractivity contribution in [3.8, 4) is 0 Å². The third-order valence-electron chi connectivity index (χ3n) is 4.94. The van der Waals surface area contributed by atoms with Crippen LogP contribution in [-0.4, -0.2) is 79.1 Å². The summed E-state index contributed by atoms with van der Waals surface area (Å²) in [5, 5.41) is 19.3. The molecule has 1 saturated heterocycles. The molecule has 0 aromatic heterocycles. The Hall–Kier alpha value is -1.54. The third-order valence-corrected chi connectivity index (χ3v) is 4.94. The zero-order valence-corrected chi connectivity index (χ0v) is 19.8. The van der Waals surface area contributed by atoms with Crippen LogP contribution in [0.5, 0.6) is 0 Å². The predicted octanol–water partition coefficient (Wildman–Crippen LogP) is 2.47. The van der Waals surface area contributed by atoms with Crippen LogP contribution in [0, 0.1) is 0 Å². The van der Waals surface area contributed by atoms with Crippen LogP contribution in [0.1, 0.15) is 73.1 Å². The Morgan fingerprint density at radius 2 is 1.90 bits per heavy atom. The van der Waals surface area contributed by atoms with Crippen molar-refractivity contribution < 1.29 is 14.6 Å². The van der Waals surface area contributed by atoms with Crippen LogP contribution in [0.2, 0.25) is 0 Å². The molecule has 1 fully saturated rings. The number of nitrogens with zero attached hydrogens (tertiary/aromatic N) is 2. The Labute approximate surface area is 183 Å². The number of unbranched alkanes of at least 4 members (excludes halogenated alkanes) is 1. The number of carbonyl (C=O) groups excluding carboxylic acids is 1. The maximum atomic E-state index is 12.0. The van der Waals surface area contributed by atoms with Crippen LogP contribution in [0.3, 0.4) is 0 Å². The first-order valence-corrected chi connectivity index (χ1v) is 11.7. The SMILES string of the molecule is CCCCC(CNC(=O)OC(C)(C)C)NC(=NCCCN1CCC(O)CC1)NCC. The fraction of sp³-hybridized carbons (Fsp3) is 0.909. The van der Waals surface area contributed by atoms with E-state index in [1.165, 1.54) is 0 Å². The molecule has 30 heavy (non-hydrogen) atoms. The lowest BCUT2D eigenvalue weighted by Gasteiger charge is -2.29. The number of rotatable bonds is 11. The van der Waals surface area contributed by atoms with E-state index in [1.54, 1.807) is 0 Å². The molecule has 176 valence electrons. The molecule has 1 atom stereocenters. The third kappa shape index (κ3) is 12.9. The van der Waals surface area contributed by atoms with Gasteiger partial charge in [-0.3, -0.25) is 4.99 Å². The molecule has 0 saturated carbocycles. The van der Waals surface area contributed by atoms with Gasteiger partial charge < -0.3 is 30.7 Å². The van der Waals surface area contributed by atoms with Crippen molar-refractivity contribution in [3.05, 3.63) is 0 Å². The van der Waals surface area contributed by atoms with E-state index >= 15 is 0 Å². The van der Waals surface area contributed by atoms with E-state index in [-0.39, 0.29) is 18.2 Å². The van der Waals surface area contributed by atoms with Gasteiger partial charge in [0.15, 0.2) is 5.96 Å². The molecule has 1 heterocycles. The molecular weight excluding hydrogens is 382 g/mol. The van der Waals surface area contributed by atoms with Gasteiger partial charge in [0.05, 0.1) is 6.10 Å². The number of nitrogens with one attached hydrogen (secondary N) is 3. The number of amides is 1. The number of hydrogen-bond acceptors (Lipinski definition) is 5. The summed E-state index contributed by atoms with van der Waals surface area (Å²) in [4.78, 5) is 19.1. The summed E-state index contributed by atoms with van der Waals surface area (Å²) in [6.07, 6.45) is 5.35. The Morgan fingerprint density at radius 1 is 1.20 bits per heavy atom. The van der Waals surface area contributed by atoms with Crippen molar-refractivity contribution in [1.82, 2.24) is 20.9 Å². The Kier molecular flexibility index (Phi) is 12.8. The van der Waals surface area contributed by atoms with Crippen LogP contribution < -0.4 is 16.0 Å². The van der Waals surface area contributed by atoms with E-state index < -0.39 is 5.60 Å². The minimum Gasteiger partial charge on any atom is -0.444 e. The highest BCUT2D eigenvalue weighted by molar-refractivity contribution is 5.80. The topological polar surface area (TPSA) is 98.2 Å². The van der Waals surface area contributed by atoms with Gasteiger partial charge in [-0.1, -0.05) is 19.8 Å². The molecule has 0 radical (unpaired) electrons. The number of guanidine groups is 1. The fourth-order valence-electron chi connectivity index (χ4n) is 3.34. The minimum absolute atomic E-state index is 0.0962. The van der Waals surface area contributed by atoms with Gasteiger partial charge >= 0.3 is 6.09 Å². The number of hydrogen-bond donors (Lipinski definition) is 4. The van der Waals surface area contributed by atoms with Crippen molar-refractivity contribution in [2.24, 2.45) is 4.99 Å². The summed E-state index contributed by atoms with van der Waals surface area (Å²) >= 11 is 0. The second kappa shape index (κ2) is 14.5. The van der Waals surface area contributed by atoms with E-state index in [2.05, 4.69) is 34.7 Å². The van der Waals surface area contributed by atoms with E-state index in [4.69, 9.17) is 9.73 Å². The number of aliphatic hydroxyl groups excluding tert-OH is 1. The number of aliphatic hydroxyl groups is 1. The van der Waals surface area contributed by atoms with Crippen LogP contribution in [0.25, 0.3) is 0 Å². The molecule has 0 bridgehead atoms. The van der Waals surface area contributed by atoms with Gasteiger partial charge in [0.2, 0.25) is 0 Å². The van der Waals surface area contributed by atoms with Gasteiger partial charge in [0.1, 0.15) is 5.60 Å². The van der Waals surface area contributed by atoms with Crippen molar-refractivity contribution in [3.63, 3.8) is 0 Å². The summed E-state index contributed by atoms with van der Waals surface area (Å²) in [5.41, 5.74) is -0.501. The second-order valence-corrected chi connectivity index (χ2v) is 9.05. The predicted molar refractivity (Wildman–Crippen MR) is 123 cm³/mol. The van der Waals surface area contributed by atoms with Gasteiger partial charge in [-0.15, -0.1) is 0 Å². The van der Waals surface area contributed by atoms with E-state index in [9.17, 15) is 9.90 Å². The largest absolute Gasteiger partial charge is 0.444 e. The zero-order valence-electron chi connectivity index (χ0n) is 19.8. The van der Waals surface area contributed by atoms with Gasteiger partial charge in [-0.2, -0.15) is 0 Å². The van der Waals surface area contributed by atoms with E-state index in [1.807, 2.05) is 20.8 Å². The van der Waals surface area contributed by atoms with E-state index in [0.717, 1.165) is 77.2 Å².